The van der Waals surface area contributed by atoms with E-state index in [-0.39, 0.29) is 42.0 Å². The highest BCUT2D eigenvalue weighted by molar-refractivity contribution is 5.86. The number of carbonyl (C=O) groups is 4. The second kappa shape index (κ2) is 8.32. The van der Waals surface area contributed by atoms with Crippen LogP contribution in [0.15, 0.2) is 0 Å². The number of carbonyl (C=O) groups excluding carboxylic acids is 4. The Morgan fingerprint density at radius 2 is 1.71 bits per heavy atom. The molecule has 4 aliphatic carbocycles. The molecule has 4 saturated carbocycles. The Kier molecular flexibility index (Phi) is 6.04. The lowest BCUT2D eigenvalue weighted by Crippen LogP contribution is -2.54. The van der Waals surface area contributed by atoms with E-state index in [1.807, 2.05) is 0 Å². The number of hydrogen-bond donors (Lipinski definition) is 0. The fraction of sp³-hybridized carbons (Fsp3) is 0.840. The van der Waals surface area contributed by atoms with Crippen LogP contribution in [0.25, 0.3) is 0 Å². The summed E-state index contributed by atoms with van der Waals surface area (Å²) in [5.74, 6) is 0.686. The van der Waals surface area contributed by atoms with E-state index in [4.69, 9.17) is 4.74 Å². The lowest BCUT2D eigenvalue weighted by atomic mass is 9.44. The Labute approximate surface area is 184 Å². The predicted octanol–water partition coefficient (Wildman–Crippen LogP) is 2.86. The van der Waals surface area contributed by atoms with Gasteiger partial charge in [-0.3, -0.25) is 14.4 Å². The van der Waals surface area contributed by atoms with E-state index in [1.54, 1.807) is 0 Å². The normalized spacial score (nSPS) is 41.6. The first-order chi connectivity index (χ1) is 14.6. The number of aliphatic carboxylic acids is 1. The van der Waals surface area contributed by atoms with Crippen LogP contribution in [0.2, 0.25) is 0 Å². The fourth-order valence-electron chi connectivity index (χ4n) is 8.10. The molecule has 6 heteroatoms. The molecule has 0 aromatic carbocycles. The number of hydrogen-bond acceptors (Lipinski definition) is 6. The second-order valence-corrected chi connectivity index (χ2v) is 11.1. The van der Waals surface area contributed by atoms with E-state index in [9.17, 15) is 24.3 Å². The van der Waals surface area contributed by atoms with Gasteiger partial charge in [0.25, 0.3) is 0 Å². The third-order valence-electron chi connectivity index (χ3n) is 9.78. The van der Waals surface area contributed by atoms with Gasteiger partial charge in [0.05, 0.1) is 6.42 Å². The molecule has 4 fully saturated rings. The molecule has 0 spiro atoms. The molecule has 0 aromatic heterocycles. The summed E-state index contributed by atoms with van der Waals surface area (Å²) in [4.78, 5) is 47.3. The molecule has 6 nitrogen and oxygen atoms in total. The molecule has 0 bridgehead atoms. The van der Waals surface area contributed by atoms with Gasteiger partial charge in [0, 0.05) is 24.7 Å². The average Bonchev–Trinajstić information content (AvgIpc) is 3.08. The number of carboxylic acids is 1. The molecule has 0 saturated heterocycles. The maximum absolute atomic E-state index is 13.0. The zero-order chi connectivity index (χ0) is 22.4. The van der Waals surface area contributed by atoms with Gasteiger partial charge in [0.15, 0.2) is 5.78 Å². The van der Waals surface area contributed by atoms with Crippen molar-refractivity contribution in [3.63, 3.8) is 0 Å². The molecule has 31 heavy (non-hydrogen) atoms. The topological polar surface area (TPSA) is 101 Å². The number of esters is 1. The number of ether oxygens (including phenoxy) is 1. The second-order valence-electron chi connectivity index (χ2n) is 11.1. The van der Waals surface area contributed by atoms with Crippen LogP contribution in [0.5, 0.6) is 0 Å². The number of rotatable bonds is 6. The SMILES string of the molecule is C[C@]12CCC(=O)C[C@@H]1CC[C@@H]1[C@H]2CC[C@]2(C)[C@@H](C(=O)COC(=O)CCC(=O)[O-])CC[C@@H]12. The van der Waals surface area contributed by atoms with E-state index in [0.717, 1.165) is 57.8 Å². The summed E-state index contributed by atoms with van der Waals surface area (Å²) < 4.78 is 5.08. The number of fused-ring (bicyclic) bond motifs is 5. The van der Waals surface area contributed by atoms with Crippen molar-refractivity contribution in [1.82, 2.24) is 0 Å². The molecule has 172 valence electrons. The highest BCUT2D eigenvalue weighted by Gasteiger charge is 2.61. The van der Waals surface area contributed by atoms with Crippen molar-refractivity contribution >= 4 is 23.5 Å². The largest absolute Gasteiger partial charge is 0.550 e. The number of carboxylic acid groups (broad SMARTS) is 1. The van der Waals surface area contributed by atoms with Gasteiger partial charge in [-0.2, -0.15) is 0 Å². The zero-order valence-corrected chi connectivity index (χ0v) is 18.8. The van der Waals surface area contributed by atoms with Crippen LogP contribution < -0.4 is 5.11 Å². The van der Waals surface area contributed by atoms with Gasteiger partial charge >= 0.3 is 5.97 Å². The molecular weight excluding hydrogens is 396 g/mol. The van der Waals surface area contributed by atoms with Gasteiger partial charge in [-0.1, -0.05) is 13.8 Å². The smallest absolute Gasteiger partial charge is 0.306 e. The molecule has 0 N–H and O–H groups in total. The molecule has 0 aromatic rings. The average molecular weight is 432 g/mol. The minimum atomic E-state index is -1.29. The van der Waals surface area contributed by atoms with Crippen LogP contribution in [-0.2, 0) is 23.9 Å². The first-order valence-electron chi connectivity index (χ1n) is 12.0. The van der Waals surface area contributed by atoms with Gasteiger partial charge < -0.3 is 14.6 Å². The van der Waals surface area contributed by atoms with Crippen molar-refractivity contribution in [1.29, 1.82) is 0 Å². The first-order valence-corrected chi connectivity index (χ1v) is 12.0. The Bertz CT molecular complexity index is 774. The molecule has 4 rings (SSSR count). The summed E-state index contributed by atoms with van der Waals surface area (Å²) >= 11 is 0. The fourth-order valence-corrected chi connectivity index (χ4v) is 8.10. The summed E-state index contributed by atoms with van der Waals surface area (Å²) in [6, 6.07) is 0. The molecular formula is C25H35O6-. The van der Waals surface area contributed by atoms with Crippen LogP contribution >= 0.6 is 0 Å². The lowest BCUT2D eigenvalue weighted by molar-refractivity contribution is -0.305. The van der Waals surface area contributed by atoms with Crippen molar-refractivity contribution in [3.05, 3.63) is 0 Å². The van der Waals surface area contributed by atoms with E-state index < -0.39 is 11.9 Å². The van der Waals surface area contributed by atoms with Crippen LogP contribution in [0.3, 0.4) is 0 Å². The summed E-state index contributed by atoms with van der Waals surface area (Å²) in [7, 11) is 0. The highest BCUT2D eigenvalue weighted by atomic mass is 16.5. The van der Waals surface area contributed by atoms with E-state index in [2.05, 4.69) is 13.8 Å². The molecule has 4 aliphatic rings. The van der Waals surface area contributed by atoms with Gasteiger partial charge in [0.2, 0.25) is 0 Å². The molecule has 0 radical (unpaired) electrons. The summed E-state index contributed by atoms with van der Waals surface area (Å²) in [5.41, 5.74) is 0.206. The van der Waals surface area contributed by atoms with Crippen LogP contribution in [-0.4, -0.2) is 30.1 Å². The number of ketones is 2. The lowest BCUT2D eigenvalue weighted by Gasteiger charge is -2.60. The minimum absolute atomic E-state index is 0.0200. The maximum Gasteiger partial charge on any atom is 0.306 e. The monoisotopic (exact) mass is 431 g/mol. The summed E-state index contributed by atoms with van der Waals surface area (Å²) in [6.07, 6.45) is 8.18. The van der Waals surface area contributed by atoms with Gasteiger partial charge in [-0.15, -0.1) is 0 Å². The Balaban J connectivity index is 1.41. The van der Waals surface area contributed by atoms with Crippen LogP contribution in [0, 0.1) is 40.4 Å². The molecule has 0 aliphatic heterocycles. The van der Waals surface area contributed by atoms with Crippen LogP contribution in [0.1, 0.15) is 84.5 Å². The van der Waals surface area contributed by atoms with E-state index >= 15 is 0 Å². The third-order valence-corrected chi connectivity index (χ3v) is 9.78. The van der Waals surface area contributed by atoms with Gasteiger partial charge in [-0.25, -0.2) is 0 Å². The van der Waals surface area contributed by atoms with Crippen molar-refractivity contribution in [2.24, 2.45) is 40.4 Å². The zero-order valence-electron chi connectivity index (χ0n) is 18.8. The molecule has 0 heterocycles. The van der Waals surface area contributed by atoms with Crippen molar-refractivity contribution in [2.45, 2.75) is 84.5 Å². The van der Waals surface area contributed by atoms with E-state index in [1.165, 1.54) is 0 Å². The molecule has 7 atom stereocenters. The van der Waals surface area contributed by atoms with Crippen molar-refractivity contribution in [2.75, 3.05) is 6.61 Å². The van der Waals surface area contributed by atoms with E-state index in [0.29, 0.717) is 29.5 Å². The van der Waals surface area contributed by atoms with Gasteiger partial charge in [-0.05, 0) is 85.9 Å². The van der Waals surface area contributed by atoms with Gasteiger partial charge in [0.1, 0.15) is 12.4 Å². The minimum Gasteiger partial charge on any atom is -0.550 e. The highest BCUT2D eigenvalue weighted by Crippen LogP contribution is 2.67. The first kappa shape index (κ1) is 22.5. The molecule has 0 amide bonds. The Hall–Kier alpha value is -1.72. The molecule has 0 unspecified atom stereocenters. The third kappa shape index (κ3) is 3.95. The van der Waals surface area contributed by atoms with Crippen molar-refractivity contribution in [3.8, 4) is 0 Å². The quantitative estimate of drug-likeness (QED) is 0.600. The Morgan fingerprint density at radius 1 is 0.968 bits per heavy atom. The Morgan fingerprint density at radius 3 is 2.45 bits per heavy atom. The maximum atomic E-state index is 13.0. The standard InChI is InChI=1S/C25H36O6/c1-24-11-9-16(26)13-15(24)3-4-17-18-5-6-20(25(18,2)12-10-19(17)24)21(27)14-31-23(30)8-7-22(28)29/h15,17-20H,3-14H2,1-2H3,(H,28,29)/p-1/t15-,17-,18-,19+,20+,24-,25-/m0/s1. The number of Topliss-reactive ketones (excluding diaryl/α,β-unsaturated/α-hetero) is 2. The summed E-state index contributed by atoms with van der Waals surface area (Å²) in [5, 5.41) is 10.5. The van der Waals surface area contributed by atoms with Crippen LogP contribution in [0.4, 0.5) is 0 Å². The van der Waals surface area contributed by atoms with Crippen molar-refractivity contribution < 1.29 is 29.0 Å². The summed E-state index contributed by atoms with van der Waals surface area (Å²) in [6.45, 7) is 4.43. The predicted molar refractivity (Wildman–Crippen MR) is 110 cm³/mol.